The number of allylic oxidation sites excluding steroid dienone is 2. The van der Waals surface area contributed by atoms with Crippen LogP contribution >= 0.6 is 23.2 Å². The van der Waals surface area contributed by atoms with Crippen molar-refractivity contribution in [3.05, 3.63) is 98.0 Å². The molecule has 0 unspecified atom stereocenters. The molecule has 0 saturated heterocycles. The van der Waals surface area contributed by atoms with E-state index in [9.17, 15) is 18.5 Å². The molecular weight excluding hydrogens is 525 g/mol. The van der Waals surface area contributed by atoms with Gasteiger partial charge in [-0.05, 0) is 65.9 Å². The summed E-state index contributed by atoms with van der Waals surface area (Å²) < 4.78 is 34.0. The van der Waals surface area contributed by atoms with Crippen LogP contribution in [0.2, 0.25) is 10.0 Å². The molecule has 3 aromatic rings. The number of sulfonamides is 1. The maximum Gasteiger partial charge on any atom is 0.311 e. The van der Waals surface area contributed by atoms with Gasteiger partial charge in [0.05, 0.1) is 28.7 Å². The van der Waals surface area contributed by atoms with Crippen LogP contribution in [0.15, 0.2) is 71.6 Å². The van der Waals surface area contributed by atoms with Crippen molar-refractivity contribution in [2.45, 2.75) is 23.3 Å². The number of anilines is 2. The van der Waals surface area contributed by atoms with Crippen molar-refractivity contribution in [3.8, 4) is 5.75 Å². The predicted molar refractivity (Wildman–Crippen MR) is 140 cm³/mol. The highest BCUT2D eigenvalue weighted by Gasteiger charge is 2.39. The number of hydrogen-bond donors (Lipinski definition) is 2. The number of benzene rings is 3. The lowest BCUT2D eigenvalue weighted by Gasteiger charge is -2.37. The van der Waals surface area contributed by atoms with Gasteiger partial charge in [0.15, 0.2) is 5.75 Å². The van der Waals surface area contributed by atoms with Crippen LogP contribution in [0.4, 0.5) is 17.1 Å². The van der Waals surface area contributed by atoms with Crippen LogP contribution in [-0.2, 0) is 10.0 Å². The summed E-state index contributed by atoms with van der Waals surface area (Å²) >= 11 is 12.0. The lowest BCUT2D eigenvalue weighted by molar-refractivity contribution is -0.385. The van der Waals surface area contributed by atoms with Gasteiger partial charge in [0.25, 0.3) is 10.0 Å². The molecule has 5 rings (SSSR count). The van der Waals surface area contributed by atoms with Gasteiger partial charge in [-0.25, -0.2) is 8.42 Å². The molecule has 0 amide bonds. The summed E-state index contributed by atoms with van der Waals surface area (Å²) in [6.07, 6.45) is 4.87. The van der Waals surface area contributed by atoms with Gasteiger partial charge >= 0.3 is 5.69 Å². The smallest absolute Gasteiger partial charge is 0.311 e. The van der Waals surface area contributed by atoms with Crippen molar-refractivity contribution in [1.29, 1.82) is 0 Å². The maximum absolute atomic E-state index is 13.1. The highest BCUT2D eigenvalue weighted by Crippen LogP contribution is 2.51. The number of halogens is 2. The quantitative estimate of drug-likeness (QED) is 0.206. The zero-order valence-corrected chi connectivity index (χ0v) is 21.3. The average Bonchev–Trinajstić information content (AvgIpc) is 3.32. The molecular formula is C25H21Cl2N3O5S. The van der Waals surface area contributed by atoms with Crippen LogP contribution in [0.25, 0.3) is 0 Å². The molecule has 3 atom stereocenters. The van der Waals surface area contributed by atoms with Crippen LogP contribution in [0.1, 0.15) is 29.5 Å². The molecule has 11 heteroatoms. The first-order valence-electron chi connectivity index (χ1n) is 11.0. The van der Waals surface area contributed by atoms with Crippen molar-refractivity contribution in [3.63, 3.8) is 0 Å². The minimum atomic E-state index is -3.91. The van der Waals surface area contributed by atoms with E-state index < -0.39 is 14.9 Å². The number of fused-ring (bicyclic) bond motifs is 3. The first kappa shape index (κ1) is 24.4. The van der Waals surface area contributed by atoms with Crippen molar-refractivity contribution in [2.75, 3.05) is 17.1 Å². The Bertz CT molecular complexity index is 1490. The molecule has 0 saturated carbocycles. The Morgan fingerprint density at radius 1 is 1.08 bits per heavy atom. The molecule has 0 fully saturated rings. The molecule has 36 heavy (non-hydrogen) atoms. The maximum atomic E-state index is 13.1. The highest BCUT2D eigenvalue weighted by molar-refractivity contribution is 7.92. The Morgan fingerprint density at radius 2 is 1.83 bits per heavy atom. The first-order chi connectivity index (χ1) is 17.2. The second-order valence-electron chi connectivity index (χ2n) is 8.68. The van der Waals surface area contributed by atoms with Crippen LogP contribution in [0.5, 0.6) is 5.75 Å². The van der Waals surface area contributed by atoms with Crippen LogP contribution in [-0.4, -0.2) is 20.5 Å². The Morgan fingerprint density at radius 3 is 2.53 bits per heavy atom. The van der Waals surface area contributed by atoms with Crippen molar-refractivity contribution in [2.24, 2.45) is 5.92 Å². The van der Waals surface area contributed by atoms with Gasteiger partial charge in [-0.3, -0.25) is 14.8 Å². The van der Waals surface area contributed by atoms with E-state index in [0.29, 0.717) is 10.0 Å². The van der Waals surface area contributed by atoms with Crippen LogP contribution < -0.4 is 14.8 Å². The van der Waals surface area contributed by atoms with Gasteiger partial charge < -0.3 is 10.1 Å². The minimum Gasteiger partial charge on any atom is -0.490 e. The van der Waals surface area contributed by atoms with Gasteiger partial charge in [0.2, 0.25) is 0 Å². The summed E-state index contributed by atoms with van der Waals surface area (Å²) in [6, 6.07) is 14.2. The molecule has 0 aromatic heterocycles. The highest BCUT2D eigenvalue weighted by atomic mass is 35.5. The van der Waals surface area contributed by atoms with Crippen molar-refractivity contribution >= 4 is 50.3 Å². The summed E-state index contributed by atoms with van der Waals surface area (Å²) in [5.74, 6) is 0.204. The third-order valence-electron chi connectivity index (χ3n) is 6.52. The predicted octanol–water partition coefficient (Wildman–Crippen LogP) is 6.54. The first-order valence-corrected chi connectivity index (χ1v) is 13.3. The largest absolute Gasteiger partial charge is 0.490 e. The minimum absolute atomic E-state index is 0.0526. The van der Waals surface area contributed by atoms with Gasteiger partial charge in [-0.2, -0.15) is 0 Å². The van der Waals surface area contributed by atoms with E-state index in [1.165, 1.54) is 37.4 Å². The fourth-order valence-electron chi connectivity index (χ4n) is 4.94. The van der Waals surface area contributed by atoms with Crippen LogP contribution in [0, 0.1) is 16.0 Å². The van der Waals surface area contributed by atoms with Gasteiger partial charge in [0, 0.05) is 27.7 Å². The van der Waals surface area contributed by atoms with Gasteiger partial charge in [-0.1, -0.05) is 41.4 Å². The van der Waals surface area contributed by atoms with E-state index in [0.717, 1.165) is 23.2 Å². The molecule has 186 valence electrons. The Labute approximate surface area is 218 Å². The molecule has 0 radical (unpaired) electrons. The number of nitrogens with zero attached hydrogens (tertiary/aromatic N) is 1. The lowest BCUT2D eigenvalue weighted by atomic mass is 9.77. The molecule has 3 aromatic carbocycles. The summed E-state index contributed by atoms with van der Waals surface area (Å²) in [5.41, 5.74) is 2.56. The fraction of sp³-hybridized carbons (Fsp3) is 0.200. The van der Waals surface area contributed by atoms with Gasteiger partial charge in [0.1, 0.15) is 0 Å². The molecule has 0 bridgehead atoms. The van der Waals surface area contributed by atoms with Crippen LogP contribution in [0.3, 0.4) is 0 Å². The number of hydrogen-bond acceptors (Lipinski definition) is 6. The summed E-state index contributed by atoms with van der Waals surface area (Å²) in [7, 11) is -2.51. The monoisotopic (exact) mass is 545 g/mol. The second-order valence-corrected chi connectivity index (χ2v) is 11.2. The molecule has 2 aliphatic rings. The summed E-state index contributed by atoms with van der Waals surface area (Å²) in [6.45, 7) is 0. The second kappa shape index (κ2) is 9.31. The Hall–Kier alpha value is -3.27. The third kappa shape index (κ3) is 4.50. The van der Waals surface area contributed by atoms with E-state index in [1.54, 1.807) is 18.2 Å². The standard InChI is InChI=1S/C25H21Cl2N3O5S/c1-35-24-8-5-14(9-23(24)30(31)32)25-20-4-2-3-19(20)21-13-18(6-7-22(21)28-25)36(33,34)29-17-11-15(26)10-16(27)12-17/h2-3,5-13,19-20,25,28-29H,4H2,1H3/t19-,20+,25+/m0/s1. The zero-order valence-electron chi connectivity index (χ0n) is 18.9. The number of nitro groups is 1. The van der Waals surface area contributed by atoms with E-state index in [4.69, 9.17) is 27.9 Å². The molecule has 1 aliphatic carbocycles. The molecule has 1 heterocycles. The lowest BCUT2D eigenvalue weighted by Crippen LogP contribution is -2.29. The van der Waals surface area contributed by atoms with Crippen molar-refractivity contribution < 1.29 is 18.1 Å². The summed E-state index contributed by atoms with van der Waals surface area (Å²) in [5, 5.41) is 15.7. The van der Waals surface area contributed by atoms with E-state index >= 15 is 0 Å². The number of nitro benzene ring substituents is 1. The van der Waals surface area contributed by atoms with Gasteiger partial charge in [-0.15, -0.1) is 0 Å². The summed E-state index contributed by atoms with van der Waals surface area (Å²) in [4.78, 5) is 11.2. The zero-order chi connectivity index (χ0) is 25.6. The Kier molecular flexibility index (Phi) is 6.32. The Balaban J connectivity index is 1.49. The average molecular weight is 546 g/mol. The van der Waals surface area contributed by atoms with E-state index in [-0.39, 0.29) is 39.9 Å². The topological polar surface area (TPSA) is 111 Å². The van der Waals surface area contributed by atoms with E-state index in [2.05, 4.69) is 22.2 Å². The number of nitrogens with one attached hydrogen (secondary N) is 2. The molecule has 8 nitrogen and oxygen atoms in total. The number of ether oxygens (including phenoxy) is 1. The number of rotatable bonds is 6. The van der Waals surface area contributed by atoms with Crippen molar-refractivity contribution in [1.82, 2.24) is 0 Å². The molecule has 1 aliphatic heterocycles. The fourth-order valence-corrected chi connectivity index (χ4v) is 6.54. The third-order valence-corrected chi connectivity index (χ3v) is 8.33. The number of methoxy groups -OCH3 is 1. The molecule has 2 N–H and O–H groups in total. The molecule has 0 spiro atoms. The normalized spacial score (nSPS) is 20.2. The van der Waals surface area contributed by atoms with E-state index in [1.807, 2.05) is 6.07 Å². The SMILES string of the molecule is COc1ccc([C@H]2Nc3ccc(S(=O)(=O)Nc4cc(Cl)cc(Cl)c4)cc3[C@H]3C=CC[C@H]32)cc1[N+](=O)[O-].